The number of hydrogen-bond donors (Lipinski definition) is 2. The molecule has 122 valence electrons. The van der Waals surface area contributed by atoms with Gasteiger partial charge in [0, 0.05) is 17.4 Å². The molecule has 0 fully saturated rings. The van der Waals surface area contributed by atoms with Crippen LogP contribution < -0.4 is 10.6 Å². The van der Waals surface area contributed by atoms with Crippen LogP contribution in [0.15, 0.2) is 24.4 Å². The lowest BCUT2D eigenvalue weighted by Crippen LogP contribution is -2.33. The van der Waals surface area contributed by atoms with Crippen molar-refractivity contribution < 1.29 is 9.18 Å². The van der Waals surface area contributed by atoms with Crippen LogP contribution in [0.25, 0.3) is 0 Å². The van der Waals surface area contributed by atoms with Crippen molar-refractivity contribution in [3.8, 4) is 0 Å². The summed E-state index contributed by atoms with van der Waals surface area (Å²) in [4.78, 5) is 20.8. The Morgan fingerprint density at radius 3 is 2.78 bits per heavy atom. The smallest absolute Gasteiger partial charge is 0.246 e. The highest BCUT2D eigenvalue weighted by molar-refractivity contribution is 5.96. The van der Waals surface area contributed by atoms with Crippen molar-refractivity contribution in [3.05, 3.63) is 47.2 Å². The molecule has 6 heteroatoms. The molecule has 0 unspecified atom stereocenters. The second kappa shape index (κ2) is 7.17. The first-order valence-electron chi connectivity index (χ1n) is 7.56. The number of hydrogen-bond acceptors (Lipinski definition) is 4. The van der Waals surface area contributed by atoms with Gasteiger partial charge in [-0.05, 0) is 44.9 Å². The zero-order chi connectivity index (χ0) is 17.0. The van der Waals surface area contributed by atoms with E-state index in [4.69, 9.17) is 0 Å². The van der Waals surface area contributed by atoms with Crippen molar-refractivity contribution in [2.45, 2.75) is 40.2 Å². The van der Waals surface area contributed by atoms with Crippen molar-refractivity contribution in [2.24, 2.45) is 0 Å². The Balaban J connectivity index is 2.11. The maximum absolute atomic E-state index is 13.3. The summed E-state index contributed by atoms with van der Waals surface area (Å²) in [6.45, 7) is 7.35. The van der Waals surface area contributed by atoms with Gasteiger partial charge in [-0.15, -0.1) is 0 Å². The summed E-state index contributed by atoms with van der Waals surface area (Å²) in [6, 6.07) is 3.79. The zero-order valence-corrected chi connectivity index (χ0v) is 13.8. The summed E-state index contributed by atoms with van der Waals surface area (Å²) in [7, 11) is 0. The highest BCUT2D eigenvalue weighted by Crippen LogP contribution is 2.17. The van der Waals surface area contributed by atoms with Gasteiger partial charge in [-0.2, -0.15) is 0 Å². The van der Waals surface area contributed by atoms with Gasteiger partial charge in [-0.3, -0.25) is 4.79 Å². The van der Waals surface area contributed by atoms with Crippen LogP contribution in [0.2, 0.25) is 0 Å². The van der Waals surface area contributed by atoms with Crippen molar-refractivity contribution in [2.75, 3.05) is 10.6 Å². The molecule has 5 nitrogen and oxygen atoms in total. The van der Waals surface area contributed by atoms with Gasteiger partial charge in [0.1, 0.15) is 23.5 Å². The van der Waals surface area contributed by atoms with Crippen LogP contribution in [-0.2, 0) is 11.2 Å². The average molecular weight is 316 g/mol. The first-order chi connectivity index (χ1) is 10.9. The van der Waals surface area contributed by atoms with Gasteiger partial charge >= 0.3 is 0 Å². The fourth-order valence-corrected chi connectivity index (χ4v) is 2.12. The molecule has 0 radical (unpaired) electrons. The Morgan fingerprint density at radius 2 is 2.09 bits per heavy atom. The average Bonchev–Trinajstić information content (AvgIpc) is 2.51. The Bertz CT molecular complexity index is 718. The van der Waals surface area contributed by atoms with Gasteiger partial charge in [-0.1, -0.05) is 13.0 Å². The van der Waals surface area contributed by atoms with Crippen LogP contribution in [0.5, 0.6) is 0 Å². The number of anilines is 2. The third kappa shape index (κ3) is 4.25. The van der Waals surface area contributed by atoms with E-state index in [-0.39, 0.29) is 11.7 Å². The van der Waals surface area contributed by atoms with Gasteiger partial charge in [-0.25, -0.2) is 14.4 Å². The molecule has 2 aromatic rings. The van der Waals surface area contributed by atoms with Gasteiger partial charge < -0.3 is 10.6 Å². The van der Waals surface area contributed by atoms with Gasteiger partial charge in [0.15, 0.2) is 0 Å². The first-order valence-corrected chi connectivity index (χ1v) is 7.56. The van der Waals surface area contributed by atoms with Crippen LogP contribution in [-0.4, -0.2) is 21.9 Å². The van der Waals surface area contributed by atoms with E-state index in [1.807, 2.05) is 13.8 Å². The predicted octanol–water partition coefficient (Wildman–Crippen LogP) is 3.23. The van der Waals surface area contributed by atoms with Crippen LogP contribution in [0, 0.1) is 19.7 Å². The van der Waals surface area contributed by atoms with Crippen molar-refractivity contribution in [1.29, 1.82) is 0 Å². The summed E-state index contributed by atoms with van der Waals surface area (Å²) >= 11 is 0. The quantitative estimate of drug-likeness (QED) is 0.888. The predicted molar refractivity (Wildman–Crippen MR) is 89.0 cm³/mol. The Morgan fingerprint density at radius 1 is 1.35 bits per heavy atom. The van der Waals surface area contributed by atoms with E-state index in [2.05, 4.69) is 20.6 Å². The minimum atomic E-state index is -0.516. The van der Waals surface area contributed by atoms with Crippen molar-refractivity contribution in [3.63, 3.8) is 0 Å². The molecule has 1 heterocycles. The Kier molecular flexibility index (Phi) is 5.26. The van der Waals surface area contributed by atoms with Crippen molar-refractivity contribution in [1.82, 2.24) is 9.97 Å². The minimum absolute atomic E-state index is 0.253. The van der Waals surface area contributed by atoms with Crippen LogP contribution >= 0.6 is 0 Å². The fraction of sp³-hybridized carbons (Fsp3) is 0.353. The molecule has 1 aromatic heterocycles. The summed E-state index contributed by atoms with van der Waals surface area (Å²) in [5.41, 5.74) is 2.22. The third-order valence-electron chi connectivity index (χ3n) is 3.57. The number of aryl methyl sites for hydroxylation is 3. The lowest BCUT2D eigenvalue weighted by molar-refractivity contribution is -0.116. The molecular formula is C17H21FN4O. The number of carbonyl (C=O) groups excluding carboxylic acids is 1. The van der Waals surface area contributed by atoms with E-state index in [9.17, 15) is 9.18 Å². The van der Waals surface area contributed by atoms with E-state index >= 15 is 0 Å². The highest BCUT2D eigenvalue weighted by Gasteiger charge is 2.16. The molecule has 0 saturated heterocycles. The standard InChI is InChI=1S/C17H21FN4O/c1-5-13-9-19-12(4)21-16(13)20-11(3)17(23)22-15-8-14(18)7-6-10(15)2/h6-9,11H,5H2,1-4H3,(H,22,23)(H,19,20,21)/t11-/m0/s1. The van der Waals surface area contributed by atoms with Gasteiger partial charge in [0.25, 0.3) is 0 Å². The topological polar surface area (TPSA) is 66.9 Å². The van der Waals surface area contributed by atoms with E-state index < -0.39 is 6.04 Å². The first kappa shape index (κ1) is 16.9. The Hall–Kier alpha value is -2.50. The van der Waals surface area contributed by atoms with Gasteiger partial charge in [0.05, 0.1) is 0 Å². The molecule has 0 aliphatic rings. The largest absolute Gasteiger partial charge is 0.358 e. The molecule has 1 atom stereocenters. The number of nitrogens with one attached hydrogen (secondary N) is 2. The number of halogens is 1. The monoisotopic (exact) mass is 316 g/mol. The zero-order valence-electron chi connectivity index (χ0n) is 13.8. The molecule has 0 bridgehead atoms. The van der Waals surface area contributed by atoms with Crippen molar-refractivity contribution >= 4 is 17.4 Å². The molecule has 1 aromatic carbocycles. The SMILES string of the molecule is CCc1cnc(C)nc1N[C@@H](C)C(=O)Nc1cc(F)ccc1C. The van der Waals surface area contributed by atoms with E-state index in [1.165, 1.54) is 12.1 Å². The maximum atomic E-state index is 13.3. The second-order valence-corrected chi connectivity index (χ2v) is 5.46. The molecule has 0 spiro atoms. The Labute approximate surface area is 135 Å². The summed E-state index contributed by atoms with van der Waals surface area (Å²) in [5.74, 6) is 0.653. The normalized spacial score (nSPS) is 11.9. The summed E-state index contributed by atoms with van der Waals surface area (Å²) in [5, 5.41) is 5.84. The number of benzene rings is 1. The molecular weight excluding hydrogens is 295 g/mol. The number of nitrogens with zero attached hydrogens (tertiary/aromatic N) is 2. The number of carbonyl (C=O) groups is 1. The van der Waals surface area contributed by atoms with Gasteiger partial charge in [0.2, 0.25) is 5.91 Å². The van der Waals surface area contributed by atoms with Crippen LogP contribution in [0.4, 0.5) is 15.9 Å². The number of aromatic nitrogens is 2. The number of amides is 1. The van der Waals surface area contributed by atoms with E-state index in [0.717, 1.165) is 17.5 Å². The third-order valence-corrected chi connectivity index (χ3v) is 3.57. The molecule has 0 aliphatic heterocycles. The van der Waals surface area contributed by atoms with E-state index in [0.29, 0.717) is 17.3 Å². The maximum Gasteiger partial charge on any atom is 0.246 e. The molecule has 0 aliphatic carbocycles. The second-order valence-electron chi connectivity index (χ2n) is 5.46. The highest BCUT2D eigenvalue weighted by atomic mass is 19.1. The summed E-state index contributed by atoms with van der Waals surface area (Å²) < 4.78 is 13.3. The summed E-state index contributed by atoms with van der Waals surface area (Å²) in [6.07, 6.45) is 2.52. The number of rotatable bonds is 5. The fourth-order valence-electron chi connectivity index (χ4n) is 2.12. The molecule has 0 saturated carbocycles. The molecule has 1 amide bonds. The molecule has 2 N–H and O–H groups in total. The minimum Gasteiger partial charge on any atom is -0.358 e. The lowest BCUT2D eigenvalue weighted by atomic mass is 10.2. The molecule has 2 rings (SSSR count). The van der Waals surface area contributed by atoms with Crippen LogP contribution in [0.3, 0.4) is 0 Å². The lowest BCUT2D eigenvalue weighted by Gasteiger charge is -2.17. The molecule has 23 heavy (non-hydrogen) atoms. The van der Waals surface area contributed by atoms with E-state index in [1.54, 1.807) is 26.1 Å². The van der Waals surface area contributed by atoms with Crippen LogP contribution in [0.1, 0.15) is 30.8 Å².